The molecule has 0 aliphatic carbocycles. The zero-order valence-electron chi connectivity index (χ0n) is 15.1. The summed E-state index contributed by atoms with van der Waals surface area (Å²) >= 11 is 0. The topological polar surface area (TPSA) is 71.7 Å². The average Bonchev–Trinajstić information content (AvgIpc) is 3.26. The van der Waals surface area contributed by atoms with Gasteiger partial charge in [0.15, 0.2) is 5.82 Å². The SMILES string of the molecule is CO[C@H]1C[C@@H](C(=O)N2CCCC2)N(Cc2nc(C(C)(C)C)no2)C1. The summed E-state index contributed by atoms with van der Waals surface area (Å²) in [6.45, 7) is 9.11. The Bertz CT molecular complexity index is 575. The van der Waals surface area contributed by atoms with Crippen molar-refractivity contribution >= 4 is 5.91 Å². The molecule has 1 amide bonds. The van der Waals surface area contributed by atoms with Gasteiger partial charge in [-0.15, -0.1) is 0 Å². The van der Waals surface area contributed by atoms with Gasteiger partial charge < -0.3 is 14.2 Å². The average molecular weight is 336 g/mol. The zero-order chi connectivity index (χ0) is 17.3. The van der Waals surface area contributed by atoms with Gasteiger partial charge in [0.05, 0.1) is 18.7 Å². The van der Waals surface area contributed by atoms with E-state index in [1.54, 1.807) is 7.11 Å². The van der Waals surface area contributed by atoms with Crippen molar-refractivity contribution in [3.05, 3.63) is 11.7 Å². The minimum atomic E-state index is -0.155. The lowest BCUT2D eigenvalue weighted by Gasteiger charge is -2.26. The molecule has 2 aliphatic rings. The van der Waals surface area contributed by atoms with E-state index in [0.717, 1.165) is 32.4 Å². The number of nitrogens with zero attached hydrogens (tertiary/aromatic N) is 4. The molecule has 0 unspecified atom stereocenters. The first-order valence-electron chi connectivity index (χ1n) is 8.77. The van der Waals surface area contributed by atoms with Crippen LogP contribution in [0, 0.1) is 0 Å². The number of hydrogen-bond donors (Lipinski definition) is 0. The van der Waals surface area contributed by atoms with Gasteiger partial charge >= 0.3 is 0 Å². The van der Waals surface area contributed by atoms with Gasteiger partial charge in [0.1, 0.15) is 0 Å². The van der Waals surface area contributed by atoms with E-state index in [-0.39, 0.29) is 23.5 Å². The highest BCUT2D eigenvalue weighted by atomic mass is 16.5. The molecule has 3 heterocycles. The van der Waals surface area contributed by atoms with E-state index < -0.39 is 0 Å². The lowest BCUT2D eigenvalue weighted by Crippen LogP contribution is -2.44. The summed E-state index contributed by atoms with van der Waals surface area (Å²) in [5.74, 6) is 1.47. The van der Waals surface area contributed by atoms with Crippen molar-refractivity contribution in [1.29, 1.82) is 0 Å². The molecule has 0 bridgehead atoms. The highest BCUT2D eigenvalue weighted by Gasteiger charge is 2.40. The van der Waals surface area contributed by atoms with Crippen molar-refractivity contribution < 1.29 is 14.1 Å². The van der Waals surface area contributed by atoms with Crippen LogP contribution in [-0.4, -0.2) is 64.7 Å². The summed E-state index contributed by atoms with van der Waals surface area (Å²) in [5.41, 5.74) is -0.146. The predicted octanol–water partition coefficient (Wildman–Crippen LogP) is 1.58. The molecule has 0 radical (unpaired) electrons. The van der Waals surface area contributed by atoms with Crippen LogP contribution >= 0.6 is 0 Å². The second-order valence-electron chi connectivity index (χ2n) is 7.83. The third-order valence-corrected chi connectivity index (χ3v) is 4.88. The standard InChI is InChI=1S/C17H28N4O3/c1-17(2,3)16-18-14(24-19-16)11-21-10-12(23-4)9-13(21)15(22)20-7-5-6-8-20/h12-13H,5-11H2,1-4H3/t12-,13-/m0/s1. The first-order valence-corrected chi connectivity index (χ1v) is 8.77. The van der Waals surface area contributed by atoms with Crippen LogP contribution in [0.1, 0.15) is 51.7 Å². The summed E-state index contributed by atoms with van der Waals surface area (Å²) in [6, 6.07) is -0.155. The lowest BCUT2D eigenvalue weighted by molar-refractivity contribution is -0.135. The quantitative estimate of drug-likeness (QED) is 0.831. The fraction of sp³-hybridized carbons (Fsp3) is 0.824. The van der Waals surface area contributed by atoms with Crippen molar-refractivity contribution in [2.75, 3.05) is 26.7 Å². The third kappa shape index (κ3) is 3.62. The Balaban J connectivity index is 1.71. The summed E-state index contributed by atoms with van der Waals surface area (Å²) < 4.78 is 10.9. The molecular weight excluding hydrogens is 308 g/mol. The van der Waals surface area contributed by atoms with E-state index in [9.17, 15) is 4.79 Å². The predicted molar refractivity (Wildman–Crippen MR) is 88.4 cm³/mol. The number of ether oxygens (including phenoxy) is 1. The fourth-order valence-corrected chi connectivity index (χ4v) is 3.41. The largest absolute Gasteiger partial charge is 0.380 e. The molecular formula is C17H28N4O3. The highest BCUT2D eigenvalue weighted by molar-refractivity contribution is 5.82. The summed E-state index contributed by atoms with van der Waals surface area (Å²) in [4.78, 5) is 21.4. The molecule has 0 N–H and O–H groups in total. The molecule has 2 atom stereocenters. The number of rotatable bonds is 4. The maximum Gasteiger partial charge on any atom is 0.240 e. The normalized spacial score (nSPS) is 25.6. The van der Waals surface area contributed by atoms with Crippen LogP contribution in [0.25, 0.3) is 0 Å². The number of aromatic nitrogens is 2. The maximum absolute atomic E-state index is 12.8. The minimum Gasteiger partial charge on any atom is -0.380 e. The van der Waals surface area contributed by atoms with Crippen LogP contribution in [0.4, 0.5) is 0 Å². The van der Waals surface area contributed by atoms with Crippen LogP contribution in [0.5, 0.6) is 0 Å². The lowest BCUT2D eigenvalue weighted by atomic mass is 9.96. The van der Waals surface area contributed by atoms with Crippen LogP contribution in [0.2, 0.25) is 0 Å². The van der Waals surface area contributed by atoms with Gasteiger partial charge in [0.25, 0.3) is 0 Å². The summed E-state index contributed by atoms with van der Waals surface area (Å²) in [7, 11) is 1.70. The number of methoxy groups -OCH3 is 1. The van der Waals surface area contributed by atoms with Gasteiger partial charge in [-0.2, -0.15) is 4.98 Å². The molecule has 2 saturated heterocycles. The second-order valence-corrected chi connectivity index (χ2v) is 7.83. The molecule has 1 aromatic rings. The molecule has 0 spiro atoms. The van der Waals surface area contributed by atoms with Gasteiger partial charge in [0, 0.05) is 32.2 Å². The molecule has 2 aliphatic heterocycles. The van der Waals surface area contributed by atoms with Gasteiger partial charge in [-0.25, -0.2) is 0 Å². The Kier molecular flexibility index (Phi) is 4.92. The molecule has 2 fully saturated rings. The van der Waals surface area contributed by atoms with Gasteiger partial charge in [-0.05, 0) is 19.3 Å². The first-order chi connectivity index (χ1) is 11.4. The Morgan fingerprint density at radius 3 is 2.62 bits per heavy atom. The number of likely N-dealkylation sites (tertiary alicyclic amines) is 2. The number of carbonyl (C=O) groups is 1. The van der Waals surface area contributed by atoms with Crippen molar-refractivity contribution in [3.8, 4) is 0 Å². The van der Waals surface area contributed by atoms with Gasteiger partial charge in [-0.1, -0.05) is 25.9 Å². The number of carbonyl (C=O) groups excluding carboxylic acids is 1. The first kappa shape index (κ1) is 17.4. The maximum atomic E-state index is 12.8. The Morgan fingerprint density at radius 1 is 1.33 bits per heavy atom. The Morgan fingerprint density at radius 2 is 2.04 bits per heavy atom. The Hall–Kier alpha value is -1.47. The molecule has 0 saturated carbocycles. The smallest absolute Gasteiger partial charge is 0.240 e. The molecule has 3 rings (SSSR count). The van der Waals surface area contributed by atoms with Gasteiger partial charge in [0.2, 0.25) is 11.8 Å². The minimum absolute atomic E-state index is 0.0755. The Labute approximate surface area is 143 Å². The molecule has 134 valence electrons. The van der Waals surface area contributed by atoms with Crippen molar-refractivity contribution in [2.45, 2.75) is 64.1 Å². The van der Waals surface area contributed by atoms with E-state index in [1.807, 2.05) is 4.90 Å². The summed E-state index contributed by atoms with van der Waals surface area (Å²) in [6.07, 6.45) is 3.01. The molecule has 24 heavy (non-hydrogen) atoms. The van der Waals surface area contributed by atoms with E-state index >= 15 is 0 Å². The van der Waals surface area contributed by atoms with Crippen LogP contribution in [0.15, 0.2) is 4.52 Å². The number of hydrogen-bond acceptors (Lipinski definition) is 6. The second kappa shape index (κ2) is 6.80. The third-order valence-electron chi connectivity index (χ3n) is 4.88. The molecule has 7 nitrogen and oxygen atoms in total. The van der Waals surface area contributed by atoms with Crippen molar-refractivity contribution in [3.63, 3.8) is 0 Å². The van der Waals surface area contributed by atoms with Crippen molar-refractivity contribution in [2.24, 2.45) is 0 Å². The molecule has 0 aromatic carbocycles. The zero-order valence-corrected chi connectivity index (χ0v) is 15.1. The fourth-order valence-electron chi connectivity index (χ4n) is 3.41. The van der Waals surface area contributed by atoms with Crippen LogP contribution in [-0.2, 0) is 21.5 Å². The highest BCUT2D eigenvalue weighted by Crippen LogP contribution is 2.26. The van der Waals surface area contributed by atoms with E-state index in [2.05, 4.69) is 35.8 Å². The van der Waals surface area contributed by atoms with Gasteiger partial charge in [-0.3, -0.25) is 9.69 Å². The summed E-state index contributed by atoms with van der Waals surface area (Å²) in [5, 5.41) is 4.08. The molecule has 7 heteroatoms. The van der Waals surface area contributed by atoms with Crippen LogP contribution in [0.3, 0.4) is 0 Å². The van der Waals surface area contributed by atoms with E-state index in [4.69, 9.17) is 9.26 Å². The van der Waals surface area contributed by atoms with Crippen LogP contribution < -0.4 is 0 Å². The van der Waals surface area contributed by atoms with E-state index in [1.165, 1.54) is 0 Å². The van der Waals surface area contributed by atoms with E-state index in [0.29, 0.717) is 24.8 Å². The number of amides is 1. The monoisotopic (exact) mass is 336 g/mol. The van der Waals surface area contributed by atoms with Crippen molar-refractivity contribution in [1.82, 2.24) is 19.9 Å². The molecule has 1 aromatic heterocycles.